The van der Waals surface area contributed by atoms with E-state index in [0.717, 1.165) is 4.60 Å². The van der Waals surface area contributed by atoms with Crippen LogP contribution in [0, 0.1) is 0 Å². The molecule has 0 aliphatic carbocycles. The van der Waals surface area contributed by atoms with Gasteiger partial charge in [0.25, 0.3) is 0 Å². The lowest BCUT2D eigenvalue weighted by Gasteiger charge is -1.95. The SMILES string of the molecule is CCC(=O)Nc1cc(Br)[nH]n1. The Balaban J connectivity index is 2.57. The molecule has 0 spiro atoms. The fourth-order valence-corrected chi connectivity index (χ4v) is 0.899. The van der Waals surface area contributed by atoms with Crippen molar-refractivity contribution in [3.8, 4) is 0 Å². The van der Waals surface area contributed by atoms with Gasteiger partial charge in [-0.25, -0.2) is 0 Å². The van der Waals surface area contributed by atoms with Crippen LogP contribution in [0.1, 0.15) is 13.3 Å². The number of hydrogen-bond donors (Lipinski definition) is 2. The second-order valence-corrected chi connectivity index (χ2v) is 2.86. The van der Waals surface area contributed by atoms with Crippen molar-refractivity contribution in [3.05, 3.63) is 10.7 Å². The highest BCUT2D eigenvalue weighted by Gasteiger charge is 2.00. The lowest BCUT2D eigenvalue weighted by Crippen LogP contribution is -2.09. The molecule has 0 aliphatic rings. The number of aromatic amines is 1. The predicted molar refractivity (Wildman–Crippen MR) is 45.2 cm³/mol. The zero-order valence-electron chi connectivity index (χ0n) is 6.02. The van der Waals surface area contributed by atoms with E-state index >= 15 is 0 Å². The lowest BCUT2D eigenvalue weighted by molar-refractivity contribution is -0.115. The van der Waals surface area contributed by atoms with Crippen molar-refractivity contribution in [2.75, 3.05) is 5.32 Å². The van der Waals surface area contributed by atoms with E-state index in [9.17, 15) is 4.79 Å². The largest absolute Gasteiger partial charge is 0.309 e. The van der Waals surface area contributed by atoms with Crippen LogP contribution in [0.4, 0.5) is 5.82 Å². The smallest absolute Gasteiger partial charge is 0.225 e. The summed E-state index contributed by atoms with van der Waals surface area (Å²) in [7, 11) is 0. The van der Waals surface area contributed by atoms with Crippen LogP contribution in [0.3, 0.4) is 0 Å². The highest BCUT2D eigenvalue weighted by Crippen LogP contribution is 2.10. The highest BCUT2D eigenvalue weighted by molar-refractivity contribution is 9.10. The molecule has 1 heterocycles. The summed E-state index contributed by atoms with van der Waals surface area (Å²) in [5.41, 5.74) is 0. The van der Waals surface area contributed by atoms with Gasteiger partial charge in [-0.15, -0.1) is 0 Å². The molecular formula is C6H8BrN3O. The maximum atomic E-state index is 10.8. The number of rotatable bonds is 2. The molecule has 1 rings (SSSR count). The second kappa shape index (κ2) is 3.52. The Labute approximate surface area is 72.5 Å². The molecule has 1 aromatic heterocycles. The summed E-state index contributed by atoms with van der Waals surface area (Å²) in [6.07, 6.45) is 0.463. The zero-order valence-corrected chi connectivity index (χ0v) is 7.60. The van der Waals surface area contributed by atoms with Gasteiger partial charge in [-0.3, -0.25) is 9.89 Å². The van der Waals surface area contributed by atoms with Gasteiger partial charge >= 0.3 is 0 Å². The van der Waals surface area contributed by atoms with E-state index in [4.69, 9.17) is 0 Å². The summed E-state index contributed by atoms with van der Waals surface area (Å²) >= 11 is 3.17. The van der Waals surface area contributed by atoms with Gasteiger partial charge in [0.1, 0.15) is 4.60 Å². The van der Waals surface area contributed by atoms with E-state index in [1.165, 1.54) is 0 Å². The number of halogens is 1. The zero-order chi connectivity index (χ0) is 8.27. The molecule has 2 N–H and O–H groups in total. The Bertz CT molecular complexity index is 258. The average Bonchev–Trinajstić information content (AvgIpc) is 2.35. The molecule has 0 radical (unpaired) electrons. The van der Waals surface area contributed by atoms with Gasteiger partial charge in [-0.2, -0.15) is 5.10 Å². The Hall–Kier alpha value is -0.840. The summed E-state index contributed by atoms with van der Waals surface area (Å²) in [6, 6.07) is 1.70. The number of amides is 1. The van der Waals surface area contributed by atoms with Crippen molar-refractivity contribution in [1.82, 2.24) is 10.2 Å². The van der Waals surface area contributed by atoms with E-state index in [-0.39, 0.29) is 5.91 Å². The topological polar surface area (TPSA) is 57.8 Å². The van der Waals surface area contributed by atoms with Gasteiger partial charge in [0.15, 0.2) is 5.82 Å². The molecular weight excluding hydrogens is 210 g/mol. The summed E-state index contributed by atoms with van der Waals surface area (Å²) in [4.78, 5) is 10.8. The normalized spacial score (nSPS) is 9.64. The van der Waals surface area contributed by atoms with Crippen LogP contribution in [0.5, 0.6) is 0 Å². The molecule has 1 amide bonds. The molecule has 0 atom stereocenters. The number of H-pyrrole nitrogens is 1. The van der Waals surface area contributed by atoms with Gasteiger partial charge in [-0.05, 0) is 15.9 Å². The number of hydrogen-bond acceptors (Lipinski definition) is 2. The molecule has 0 saturated carbocycles. The van der Waals surface area contributed by atoms with Crippen LogP contribution in [0.25, 0.3) is 0 Å². The molecule has 1 aromatic rings. The third-order valence-corrected chi connectivity index (χ3v) is 1.54. The Morgan fingerprint density at radius 1 is 1.91 bits per heavy atom. The second-order valence-electron chi connectivity index (χ2n) is 2.00. The highest BCUT2D eigenvalue weighted by atomic mass is 79.9. The lowest BCUT2D eigenvalue weighted by atomic mass is 10.4. The van der Waals surface area contributed by atoms with Gasteiger partial charge in [-0.1, -0.05) is 6.92 Å². The first-order valence-corrected chi connectivity index (χ1v) is 4.02. The third-order valence-electron chi connectivity index (χ3n) is 1.14. The molecule has 0 aliphatic heterocycles. The molecule has 0 bridgehead atoms. The molecule has 0 unspecified atom stereocenters. The van der Waals surface area contributed by atoms with Crippen molar-refractivity contribution in [2.24, 2.45) is 0 Å². The Morgan fingerprint density at radius 3 is 3.09 bits per heavy atom. The van der Waals surface area contributed by atoms with E-state index < -0.39 is 0 Å². The Morgan fingerprint density at radius 2 is 2.64 bits per heavy atom. The maximum absolute atomic E-state index is 10.8. The first kappa shape index (κ1) is 8.26. The van der Waals surface area contributed by atoms with E-state index in [2.05, 4.69) is 31.4 Å². The minimum atomic E-state index is -0.0380. The summed E-state index contributed by atoms with van der Waals surface area (Å²) in [5.74, 6) is 0.507. The molecule has 11 heavy (non-hydrogen) atoms. The number of anilines is 1. The van der Waals surface area contributed by atoms with Crippen LogP contribution < -0.4 is 5.32 Å². The third kappa shape index (κ3) is 2.34. The summed E-state index contributed by atoms with van der Waals surface area (Å²) in [6.45, 7) is 1.79. The van der Waals surface area contributed by atoms with E-state index in [0.29, 0.717) is 12.2 Å². The van der Waals surface area contributed by atoms with Gasteiger partial charge in [0.2, 0.25) is 5.91 Å². The van der Waals surface area contributed by atoms with Crippen molar-refractivity contribution in [1.29, 1.82) is 0 Å². The van der Waals surface area contributed by atoms with Crippen LogP contribution in [0.2, 0.25) is 0 Å². The minimum Gasteiger partial charge on any atom is -0.309 e. The van der Waals surface area contributed by atoms with Crippen molar-refractivity contribution in [2.45, 2.75) is 13.3 Å². The molecule has 0 fully saturated rings. The molecule has 60 valence electrons. The molecule has 4 nitrogen and oxygen atoms in total. The van der Waals surface area contributed by atoms with Gasteiger partial charge in [0.05, 0.1) is 0 Å². The fraction of sp³-hybridized carbons (Fsp3) is 0.333. The quantitative estimate of drug-likeness (QED) is 0.790. The van der Waals surface area contributed by atoms with Gasteiger partial charge in [0, 0.05) is 12.5 Å². The Kier molecular flexibility index (Phi) is 2.64. The van der Waals surface area contributed by atoms with Crippen LogP contribution in [-0.2, 0) is 4.79 Å². The summed E-state index contributed by atoms with van der Waals surface area (Å²) < 4.78 is 0.754. The number of carbonyl (C=O) groups is 1. The fourth-order valence-electron chi connectivity index (χ4n) is 0.593. The standard InChI is InChI=1S/C6H8BrN3O/c1-2-6(11)8-5-3-4(7)9-10-5/h3H,2H2,1H3,(H2,8,9,10,11). The molecule has 0 saturated heterocycles. The first-order chi connectivity index (χ1) is 5.22. The monoisotopic (exact) mass is 217 g/mol. The molecule has 0 aromatic carbocycles. The molecule has 5 heteroatoms. The summed E-state index contributed by atoms with van der Waals surface area (Å²) in [5, 5.41) is 9.05. The van der Waals surface area contributed by atoms with Crippen LogP contribution >= 0.6 is 15.9 Å². The first-order valence-electron chi connectivity index (χ1n) is 3.23. The van der Waals surface area contributed by atoms with E-state index in [1.54, 1.807) is 13.0 Å². The number of carbonyl (C=O) groups excluding carboxylic acids is 1. The van der Waals surface area contributed by atoms with Gasteiger partial charge < -0.3 is 5.32 Å². The van der Waals surface area contributed by atoms with Crippen molar-refractivity contribution < 1.29 is 4.79 Å². The maximum Gasteiger partial charge on any atom is 0.225 e. The number of nitrogens with zero attached hydrogens (tertiary/aromatic N) is 1. The minimum absolute atomic E-state index is 0.0380. The van der Waals surface area contributed by atoms with Crippen molar-refractivity contribution in [3.63, 3.8) is 0 Å². The van der Waals surface area contributed by atoms with Crippen molar-refractivity contribution >= 4 is 27.7 Å². The van der Waals surface area contributed by atoms with Crippen LogP contribution in [0.15, 0.2) is 10.7 Å². The van der Waals surface area contributed by atoms with Crippen LogP contribution in [-0.4, -0.2) is 16.1 Å². The predicted octanol–water partition coefficient (Wildman–Crippen LogP) is 1.52. The number of nitrogens with one attached hydrogen (secondary N) is 2. The average molecular weight is 218 g/mol. The number of aromatic nitrogens is 2. The van der Waals surface area contributed by atoms with E-state index in [1.807, 2.05) is 0 Å².